The van der Waals surface area contributed by atoms with Gasteiger partial charge in [0.2, 0.25) is 5.56 Å². The number of carbonyl (C=O) groups excluding carboxylic acids is 1. The van der Waals surface area contributed by atoms with E-state index in [1.165, 1.54) is 12.3 Å². The van der Waals surface area contributed by atoms with Crippen LogP contribution in [-0.2, 0) is 4.74 Å². The molecule has 0 spiro atoms. The third-order valence-electron chi connectivity index (χ3n) is 4.11. The summed E-state index contributed by atoms with van der Waals surface area (Å²) in [5.74, 6) is -0.155. The van der Waals surface area contributed by atoms with E-state index in [4.69, 9.17) is 4.74 Å². The number of methoxy groups -OCH3 is 1. The van der Waals surface area contributed by atoms with Gasteiger partial charge in [-0.2, -0.15) is 0 Å². The number of aromatic nitrogens is 1. The third kappa shape index (κ3) is 4.56. The maximum absolute atomic E-state index is 12.3. The van der Waals surface area contributed by atoms with Crippen LogP contribution in [0, 0.1) is 12.3 Å². The van der Waals surface area contributed by atoms with Gasteiger partial charge in [0.15, 0.2) is 0 Å². The molecule has 124 valence electrons. The van der Waals surface area contributed by atoms with E-state index in [1.54, 1.807) is 14.0 Å². The molecular weight excluding hydrogens is 306 g/mol. The Bertz CT molecular complexity index is 548. The Labute approximate surface area is 136 Å². The number of nitrogens with one attached hydrogen (secondary N) is 3. The van der Waals surface area contributed by atoms with Gasteiger partial charge in [-0.3, -0.25) is 9.59 Å². The van der Waals surface area contributed by atoms with E-state index < -0.39 is 0 Å². The number of aryl methyl sites for hydroxylation is 1. The Morgan fingerprint density at radius 2 is 2.09 bits per heavy atom. The summed E-state index contributed by atoms with van der Waals surface area (Å²) in [4.78, 5) is 26.0. The molecule has 1 aromatic heterocycles. The molecule has 1 fully saturated rings. The lowest BCUT2D eigenvalue weighted by Gasteiger charge is -2.37. The zero-order chi connectivity index (χ0) is 15.3. The molecule has 1 aliphatic heterocycles. The van der Waals surface area contributed by atoms with Gasteiger partial charge in [-0.1, -0.05) is 0 Å². The van der Waals surface area contributed by atoms with Gasteiger partial charge in [0.05, 0.1) is 12.2 Å². The minimum absolute atomic E-state index is 0. The predicted molar refractivity (Wildman–Crippen MR) is 87.8 cm³/mol. The van der Waals surface area contributed by atoms with Gasteiger partial charge >= 0.3 is 0 Å². The summed E-state index contributed by atoms with van der Waals surface area (Å²) in [5.41, 5.74) is 0.989. The molecule has 22 heavy (non-hydrogen) atoms. The molecule has 0 unspecified atom stereocenters. The Balaban J connectivity index is 0.00000242. The van der Waals surface area contributed by atoms with Crippen LogP contribution in [0.5, 0.6) is 0 Å². The van der Waals surface area contributed by atoms with Crippen LogP contribution in [0.3, 0.4) is 0 Å². The van der Waals surface area contributed by atoms with Gasteiger partial charge < -0.3 is 20.4 Å². The minimum Gasteiger partial charge on any atom is -0.384 e. The number of piperidine rings is 1. The largest absolute Gasteiger partial charge is 0.384 e. The fourth-order valence-electron chi connectivity index (χ4n) is 2.82. The van der Waals surface area contributed by atoms with Gasteiger partial charge in [0.25, 0.3) is 5.91 Å². The maximum Gasteiger partial charge on any atom is 0.253 e. The molecule has 6 nitrogen and oxygen atoms in total. The normalized spacial score (nSPS) is 16.6. The highest BCUT2D eigenvalue weighted by molar-refractivity contribution is 5.95. The van der Waals surface area contributed by atoms with Crippen LogP contribution in [0.15, 0.2) is 17.1 Å². The lowest BCUT2D eigenvalue weighted by molar-refractivity contribution is 0.0511. The van der Waals surface area contributed by atoms with E-state index in [0.717, 1.165) is 25.9 Å². The smallest absolute Gasteiger partial charge is 0.253 e. The van der Waals surface area contributed by atoms with Crippen molar-refractivity contribution in [3.63, 3.8) is 0 Å². The van der Waals surface area contributed by atoms with Crippen molar-refractivity contribution in [2.75, 3.05) is 33.4 Å². The highest BCUT2D eigenvalue weighted by Gasteiger charge is 2.32. The first-order chi connectivity index (χ1) is 10.1. The maximum atomic E-state index is 12.3. The van der Waals surface area contributed by atoms with Crippen LogP contribution < -0.4 is 16.2 Å². The average molecular weight is 330 g/mol. The number of hydrogen-bond acceptors (Lipinski definition) is 4. The molecule has 3 N–H and O–H groups in total. The number of amides is 1. The standard InChI is InChI=1S/C15H23N3O3.ClH/c1-11-7-13(19)17-8-12(11)14(20)18-9-15(10-21-2)3-5-16-6-4-15;/h7-8,16H,3-6,9-10H2,1-2H3,(H,17,19)(H,18,20);1H. The number of hydrogen-bond donors (Lipinski definition) is 3. The molecular formula is C15H24ClN3O3. The number of halogens is 1. The van der Waals surface area contributed by atoms with Gasteiger partial charge in [-0.05, 0) is 38.4 Å². The second-order valence-corrected chi connectivity index (χ2v) is 5.76. The second kappa shape index (κ2) is 8.31. The number of aromatic amines is 1. The van der Waals surface area contributed by atoms with E-state index in [0.29, 0.717) is 24.3 Å². The van der Waals surface area contributed by atoms with Gasteiger partial charge in [0, 0.05) is 31.3 Å². The molecule has 0 aromatic carbocycles. The second-order valence-electron chi connectivity index (χ2n) is 5.76. The van der Waals surface area contributed by atoms with Crippen LogP contribution in [0.25, 0.3) is 0 Å². The number of pyridine rings is 1. The van der Waals surface area contributed by atoms with Crippen molar-refractivity contribution in [3.05, 3.63) is 33.7 Å². The molecule has 0 radical (unpaired) electrons. The van der Waals surface area contributed by atoms with E-state index in [-0.39, 0.29) is 29.3 Å². The third-order valence-corrected chi connectivity index (χ3v) is 4.11. The Hall–Kier alpha value is -1.37. The molecule has 1 amide bonds. The van der Waals surface area contributed by atoms with Gasteiger partial charge in [-0.15, -0.1) is 12.4 Å². The lowest BCUT2D eigenvalue weighted by atomic mass is 9.79. The summed E-state index contributed by atoms with van der Waals surface area (Å²) in [6.07, 6.45) is 3.43. The fourth-order valence-corrected chi connectivity index (χ4v) is 2.82. The highest BCUT2D eigenvalue weighted by Crippen LogP contribution is 2.28. The first-order valence-corrected chi connectivity index (χ1v) is 7.23. The van der Waals surface area contributed by atoms with Gasteiger partial charge in [-0.25, -0.2) is 0 Å². The number of H-pyrrole nitrogens is 1. The highest BCUT2D eigenvalue weighted by atomic mass is 35.5. The van der Waals surface area contributed by atoms with Gasteiger partial charge in [0.1, 0.15) is 0 Å². The van der Waals surface area contributed by atoms with E-state index in [1.807, 2.05) is 0 Å². The van der Waals surface area contributed by atoms with Crippen molar-refractivity contribution in [2.24, 2.45) is 5.41 Å². The molecule has 1 aromatic rings. The SMILES string of the molecule is COCC1(CNC(=O)c2c[nH]c(=O)cc2C)CCNCC1.Cl. The molecule has 2 heterocycles. The molecule has 0 aliphatic carbocycles. The van der Waals surface area contributed by atoms with E-state index >= 15 is 0 Å². The minimum atomic E-state index is -0.196. The summed E-state index contributed by atoms with van der Waals surface area (Å²) in [6.45, 7) is 4.87. The topological polar surface area (TPSA) is 83.2 Å². The van der Waals surface area contributed by atoms with Crippen molar-refractivity contribution in [2.45, 2.75) is 19.8 Å². The molecule has 0 bridgehead atoms. The number of ether oxygens (including phenoxy) is 1. The first kappa shape index (κ1) is 18.7. The van der Waals surface area contributed by atoms with Crippen LogP contribution in [0.4, 0.5) is 0 Å². The lowest BCUT2D eigenvalue weighted by Crippen LogP contribution is -2.47. The van der Waals surface area contributed by atoms with Crippen LogP contribution >= 0.6 is 12.4 Å². The van der Waals surface area contributed by atoms with Crippen molar-refractivity contribution >= 4 is 18.3 Å². The summed E-state index contributed by atoms with van der Waals surface area (Å²) in [5, 5.41) is 6.31. The Kier molecular flexibility index (Phi) is 7.06. The van der Waals surface area contributed by atoms with Crippen molar-refractivity contribution < 1.29 is 9.53 Å². The predicted octanol–water partition coefficient (Wildman–Crippen LogP) is 0.851. The monoisotopic (exact) mass is 329 g/mol. The Morgan fingerprint density at radius 3 is 2.68 bits per heavy atom. The van der Waals surface area contributed by atoms with Crippen LogP contribution in [-0.4, -0.2) is 44.2 Å². The number of rotatable bonds is 5. The summed E-state index contributed by atoms with van der Waals surface area (Å²) in [7, 11) is 1.69. The summed E-state index contributed by atoms with van der Waals surface area (Å²) < 4.78 is 5.34. The average Bonchev–Trinajstić information content (AvgIpc) is 2.46. The quantitative estimate of drug-likeness (QED) is 0.748. The molecule has 7 heteroatoms. The molecule has 0 atom stereocenters. The summed E-state index contributed by atoms with van der Waals surface area (Å²) in [6, 6.07) is 1.43. The zero-order valence-corrected chi connectivity index (χ0v) is 13.8. The molecule has 1 saturated heterocycles. The molecule has 2 rings (SSSR count). The number of carbonyl (C=O) groups is 1. The van der Waals surface area contributed by atoms with E-state index in [2.05, 4.69) is 15.6 Å². The molecule has 1 aliphatic rings. The molecule has 0 saturated carbocycles. The summed E-state index contributed by atoms with van der Waals surface area (Å²) >= 11 is 0. The van der Waals surface area contributed by atoms with Crippen molar-refractivity contribution in [3.8, 4) is 0 Å². The first-order valence-electron chi connectivity index (χ1n) is 7.23. The van der Waals surface area contributed by atoms with Crippen LogP contribution in [0.2, 0.25) is 0 Å². The van der Waals surface area contributed by atoms with Crippen molar-refractivity contribution in [1.29, 1.82) is 0 Å². The van der Waals surface area contributed by atoms with Crippen molar-refractivity contribution in [1.82, 2.24) is 15.6 Å². The zero-order valence-electron chi connectivity index (χ0n) is 13.0. The van der Waals surface area contributed by atoms with E-state index in [9.17, 15) is 9.59 Å². The van der Waals surface area contributed by atoms with Crippen LogP contribution in [0.1, 0.15) is 28.8 Å². The fraction of sp³-hybridized carbons (Fsp3) is 0.600. The Morgan fingerprint density at radius 1 is 1.41 bits per heavy atom.